The van der Waals surface area contributed by atoms with Crippen molar-refractivity contribution in [3.8, 4) is 5.75 Å². The minimum absolute atomic E-state index is 0.0612. The molecule has 0 aromatic heterocycles. The first-order chi connectivity index (χ1) is 22.1. The summed E-state index contributed by atoms with van der Waals surface area (Å²) >= 11 is 0. The van der Waals surface area contributed by atoms with Gasteiger partial charge in [-0.25, -0.2) is 9.38 Å². The third-order valence-corrected chi connectivity index (χ3v) is 8.59. The number of carbonyl (C=O) groups excluding carboxylic acids is 1. The summed E-state index contributed by atoms with van der Waals surface area (Å²) in [7, 11) is 5.19. The average molecular weight is 629 g/mol. The molecule has 1 amide bonds. The van der Waals surface area contributed by atoms with Gasteiger partial charge >= 0.3 is 0 Å². The standard InChI is InChI=1S/C37H49FN6O2/c1-9-24(3)21-32(30-15-16-33(46-8)35(38)25(30)4)44-20-18-40-37(26(44)5)42-29-13-14-31(27(10-2)22-29)36(28-11-12-28)41-23-34(45)43(7)19-17-39-6/h13-16,18,20-22,24,39,41H,5,9-12,17,19,23H2,1-4,6-8H3,(H,40,42)/b32-21-. The lowest BCUT2D eigenvalue weighted by molar-refractivity contribution is -0.128. The van der Waals surface area contributed by atoms with Crippen molar-refractivity contribution in [2.24, 2.45) is 10.9 Å². The molecule has 246 valence electrons. The smallest absolute Gasteiger partial charge is 0.241 e. The Labute approximate surface area is 273 Å². The summed E-state index contributed by atoms with van der Waals surface area (Å²) in [5.41, 5.74) is 8.35. The molecule has 1 fully saturated rings. The van der Waals surface area contributed by atoms with Crippen molar-refractivity contribution >= 4 is 28.8 Å². The van der Waals surface area contributed by atoms with Crippen molar-refractivity contribution in [3.05, 3.63) is 94.7 Å². The maximum atomic E-state index is 15.2. The molecule has 1 heterocycles. The number of amides is 1. The lowest BCUT2D eigenvalue weighted by atomic mass is 9.98. The number of likely N-dealkylation sites (N-methyl/N-ethyl adjacent to an activating group) is 2. The second kappa shape index (κ2) is 15.8. The summed E-state index contributed by atoms with van der Waals surface area (Å²) in [6.45, 7) is 14.3. The van der Waals surface area contributed by atoms with Crippen LogP contribution in [0.5, 0.6) is 5.75 Å². The molecule has 0 bridgehead atoms. The second-order valence-electron chi connectivity index (χ2n) is 11.9. The number of methoxy groups -OCH3 is 1. The summed E-state index contributed by atoms with van der Waals surface area (Å²) in [6.07, 6.45) is 9.58. The Morgan fingerprint density at radius 1 is 1.22 bits per heavy atom. The number of amidine groups is 1. The van der Waals surface area contributed by atoms with Crippen molar-refractivity contribution in [1.82, 2.24) is 20.4 Å². The number of hydrogen-bond donors (Lipinski definition) is 3. The maximum Gasteiger partial charge on any atom is 0.241 e. The fourth-order valence-corrected chi connectivity index (χ4v) is 5.34. The van der Waals surface area contributed by atoms with E-state index in [9.17, 15) is 4.79 Å². The van der Waals surface area contributed by atoms with E-state index in [4.69, 9.17) is 4.74 Å². The second-order valence-corrected chi connectivity index (χ2v) is 11.9. The van der Waals surface area contributed by atoms with Crippen molar-refractivity contribution in [3.63, 3.8) is 0 Å². The molecule has 2 aliphatic rings. The predicted molar refractivity (Wildman–Crippen MR) is 188 cm³/mol. The molecular weight excluding hydrogens is 579 g/mol. The van der Waals surface area contributed by atoms with E-state index < -0.39 is 0 Å². The number of carbonyl (C=O) groups is 1. The molecule has 1 aliphatic heterocycles. The molecule has 0 saturated heterocycles. The van der Waals surface area contributed by atoms with Crippen LogP contribution in [0.15, 0.2) is 71.6 Å². The van der Waals surface area contributed by atoms with Crippen LogP contribution in [0.2, 0.25) is 0 Å². The van der Waals surface area contributed by atoms with Gasteiger partial charge in [-0.15, -0.1) is 0 Å². The van der Waals surface area contributed by atoms with Gasteiger partial charge in [0.1, 0.15) is 0 Å². The highest BCUT2D eigenvalue weighted by Crippen LogP contribution is 2.37. The van der Waals surface area contributed by atoms with Crippen LogP contribution < -0.4 is 20.7 Å². The van der Waals surface area contributed by atoms with E-state index in [0.717, 1.165) is 60.4 Å². The maximum absolute atomic E-state index is 15.2. The molecule has 3 N–H and O–H groups in total. The number of benzene rings is 2. The van der Waals surface area contributed by atoms with Gasteiger partial charge in [0.25, 0.3) is 0 Å². The van der Waals surface area contributed by atoms with E-state index in [1.165, 1.54) is 18.2 Å². The van der Waals surface area contributed by atoms with Gasteiger partial charge in [0.05, 0.1) is 19.4 Å². The largest absolute Gasteiger partial charge is 0.494 e. The molecule has 2 aromatic carbocycles. The van der Waals surface area contributed by atoms with Crippen LogP contribution in [0, 0.1) is 18.7 Å². The van der Waals surface area contributed by atoms with E-state index in [-0.39, 0.29) is 29.9 Å². The normalized spacial score (nSPS) is 15.0. The topological polar surface area (TPSA) is 81.2 Å². The van der Waals surface area contributed by atoms with Gasteiger partial charge in [0.15, 0.2) is 17.4 Å². The highest BCUT2D eigenvalue weighted by atomic mass is 19.1. The molecule has 2 aromatic rings. The lowest BCUT2D eigenvalue weighted by Gasteiger charge is -2.31. The predicted octanol–water partition coefficient (Wildman–Crippen LogP) is 6.68. The zero-order valence-corrected chi connectivity index (χ0v) is 28.4. The van der Waals surface area contributed by atoms with Crippen molar-refractivity contribution in [1.29, 1.82) is 0 Å². The molecular formula is C37H49FN6O2. The van der Waals surface area contributed by atoms with E-state index in [2.05, 4.69) is 66.5 Å². The van der Waals surface area contributed by atoms with Crippen LogP contribution in [0.1, 0.15) is 62.3 Å². The molecule has 9 heteroatoms. The van der Waals surface area contributed by atoms with Gasteiger partial charge in [0, 0.05) is 60.7 Å². The fraction of sp³-hybridized carbons (Fsp3) is 0.405. The number of anilines is 1. The minimum atomic E-state index is -0.374. The molecule has 46 heavy (non-hydrogen) atoms. The fourth-order valence-electron chi connectivity index (χ4n) is 5.34. The zero-order chi connectivity index (χ0) is 33.4. The van der Waals surface area contributed by atoms with E-state index in [1.54, 1.807) is 24.1 Å². The van der Waals surface area contributed by atoms with E-state index >= 15 is 4.39 Å². The number of allylic oxidation sites excluding steroid dienone is 2. The minimum Gasteiger partial charge on any atom is -0.494 e. The number of ether oxygens (including phenoxy) is 1. The number of hydrogen-bond acceptors (Lipinski definition) is 7. The number of aryl methyl sites for hydroxylation is 1. The van der Waals surface area contributed by atoms with Crippen LogP contribution in [-0.4, -0.2) is 62.4 Å². The third kappa shape index (κ3) is 8.07. The highest BCUT2D eigenvalue weighted by molar-refractivity contribution is 6.09. The summed E-state index contributed by atoms with van der Waals surface area (Å²) in [5, 5.41) is 10.0. The number of rotatable bonds is 14. The molecule has 1 unspecified atom stereocenters. The third-order valence-electron chi connectivity index (χ3n) is 8.59. The van der Waals surface area contributed by atoms with E-state index in [0.29, 0.717) is 23.6 Å². The molecule has 0 radical (unpaired) electrons. The average Bonchev–Trinajstić information content (AvgIpc) is 3.91. The SMILES string of the molecule is C=C1C(Nc2ccc(C(NCC(=O)N(C)CCNC)=C3CC3)c(CC)c2)=NC=CN1/C(=C\C(C)CC)c1ccc(OC)c(F)c1C. The van der Waals surface area contributed by atoms with Crippen molar-refractivity contribution in [2.75, 3.05) is 46.2 Å². The van der Waals surface area contributed by atoms with Gasteiger partial charge in [-0.05, 0) is 80.1 Å². The summed E-state index contributed by atoms with van der Waals surface area (Å²) in [6, 6.07) is 9.85. The van der Waals surface area contributed by atoms with Crippen LogP contribution in [-0.2, 0) is 11.2 Å². The quantitative estimate of drug-likeness (QED) is 0.217. The number of aliphatic imine (C=N–C) groups is 1. The molecule has 1 saturated carbocycles. The zero-order valence-electron chi connectivity index (χ0n) is 28.4. The lowest BCUT2D eigenvalue weighted by Crippen LogP contribution is -2.38. The summed E-state index contributed by atoms with van der Waals surface area (Å²) < 4.78 is 20.4. The van der Waals surface area contributed by atoms with Crippen molar-refractivity contribution < 1.29 is 13.9 Å². The number of nitrogens with zero attached hydrogens (tertiary/aromatic N) is 3. The first-order valence-electron chi connectivity index (χ1n) is 16.2. The molecule has 8 nitrogen and oxygen atoms in total. The van der Waals surface area contributed by atoms with Gasteiger partial charge in [-0.1, -0.05) is 45.9 Å². The van der Waals surface area contributed by atoms with Gasteiger partial charge in [-0.3, -0.25) is 4.79 Å². The first kappa shape index (κ1) is 34.5. The first-order valence-corrected chi connectivity index (χ1v) is 16.2. The molecule has 4 rings (SSSR count). The Hall–Kier alpha value is -4.37. The molecule has 1 aliphatic carbocycles. The Kier molecular flexibility index (Phi) is 11.8. The van der Waals surface area contributed by atoms with Crippen molar-refractivity contribution in [2.45, 2.75) is 53.4 Å². The monoisotopic (exact) mass is 628 g/mol. The Balaban J connectivity index is 1.56. The van der Waals surface area contributed by atoms with Crippen LogP contribution in [0.25, 0.3) is 11.4 Å². The number of halogens is 1. The van der Waals surface area contributed by atoms with E-state index in [1.807, 2.05) is 37.3 Å². The Morgan fingerprint density at radius 3 is 2.61 bits per heavy atom. The molecule has 1 atom stereocenters. The Morgan fingerprint density at radius 2 is 1.96 bits per heavy atom. The summed E-state index contributed by atoms with van der Waals surface area (Å²) in [4.78, 5) is 21.1. The highest BCUT2D eigenvalue weighted by Gasteiger charge is 2.25. The van der Waals surface area contributed by atoms with Crippen LogP contribution in [0.3, 0.4) is 0 Å². The Bertz CT molecular complexity index is 1570. The van der Waals surface area contributed by atoms with Gasteiger partial charge in [0.2, 0.25) is 5.91 Å². The summed E-state index contributed by atoms with van der Waals surface area (Å²) in [5.74, 6) is 0.763. The van der Waals surface area contributed by atoms with Gasteiger partial charge in [-0.2, -0.15) is 0 Å². The van der Waals surface area contributed by atoms with Crippen LogP contribution in [0.4, 0.5) is 10.1 Å². The number of nitrogens with one attached hydrogen (secondary N) is 3. The van der Waals surface area contributed by atoms with Crippen LogP contribution >= 0.6 is 0 Å². The van der Waals surface area contributed by atoms with Gasteiger partial charge < -0.3 is 30.5 Å². The molecule has 0 spiro atoms.